The molecule has 0 atom stereocenters. The lowest BCUT2D eigenvalue weighted by molar-refractivity contribution is -0.895. The van der Waals surface area contributed by atoms with E-state index < -0.39 is 15.8 Å². The van der Waals surface area contributed by atoms with Crippen molar-refractivity contribution in [3.05, 3.63) is 47.1 Å². The van der Waals surface area contributed by atoms with Crippen molar-refractivity contribution in [3.8, 4) is 6.07 Å². The Hall–Kier alpha value is -2.32. The van der Waals surface area contributed by atoms with E-state index in [1.54, 1.807) is 11.4 Å². The molecule has 1 saturated heterocycles. The standard InChI is InChI=1S/C17H17FN4O3S2/c18-14-1-3-15(4-2-14)27(24,25)22-8-6-21(7-9-22)12-16(23)20-17-13(11-19)5-10-26-17/h1-5,10H,6-9,12H2,(H,20,23)/p+1. The molecule has 10 heteroatoms. The normalized spacial score (nSPS) is 16.0. The van der Waals surface area contributed by atoms with E-state index in [0.29, 0.717) is 23.7 Å². The molecule has 1 aliphatic heterocycles. The van der Waals surface area contributed by atoms with Crippen molar-refractivity contribution in [1.82, 2.24) is 4.31 Å². The maximum absolute atomic E-state index is 13.0. The lowest BCUT2D eigenvalue weighted by atomic mass is 10.3. The van der Waals surface area contributed by atoms with Crippen molar-refractivity contribution in [2.45, 2.75) is 4.90 Å². The number of nitrogens with zero attached hydrogens (tertiary/aromatic N) is 2. The van der Waals surface area contributed by atoms with Crippen molar-refractivity contribution in [2.24, 2.45) is 0 Å². The minimum Gasteiger partial charge on any atom is -0.325 e. The van der Waals surface area contributed by atoms with Gasteiger partial charge in [-0.05, 0) is 35.7 Å². The molecule has 142 valence electrons. The fraction of sp³-hybridized carbons (Fsp3) is 0.294. The Morgan fingerprint density at radius 1 is 1.26 bits per heavy atom. The van der Waals surface area contributed by atoms with Crippen LogP contribution in [0.3, 0.4) is 0 Å². The molecule has 1 aromatic heterocycles. The van der Waals surface area contributed by atoms with E-state index in [4.69, 9.17) is 5.26 Å². The zero-order valence-corrected chi connectivity index (χ0v) is 15.9. The third-order valence-corrected chi connectivity index (χ3v) is 7.07. The van der Waals surface area contributed by atoms with E-state index >= 15 is 0 Å². The van der Waals surface area contributed by atoms with Crippen molar-refractivity contribution >= 4 is 32.3 Å². The Morgan fingerprint density at radius 2 is 1.93 bits per heavy atom. The van der Waals surface area contributed by atoms with Gasteiger partial charge in [-0.1, -0.05) is 0 Å². The molecule has 27 heavy (non-hydrogen) atoms. The van der Waals surface area contributed by atoms with Crippen molar-refractivity contribution < 1.29 is 22.5 Å². The number of rotatable bonds is 5. The molecule has 2 aromatic rings. The minimum absolute atomic E-state index is 0.0619. The second-order valence-corrected chi connectivity index (χ2v) is 8.96. The molecular formula is C17H18FN4O3S2+. The van der Waals surface area contributed by atoms with Gasteiger partial charge >= 0.3 is 0 Å². The highest BCUT2D eigenvalue weighted by Crippen LogP contribution is 2.21. The predicted octanol–water partition coefficient (Wildman–Crippen LogP) is 0.287. The van der Waals surface area contributed by atoms with Gasteiger partial charge in [0.1, 0.15) is 16.9 Å². The zero-order valence-electron chi connectivity index (χ0n) is 14.3. The van der Waals surface area contributed by atoms with E-state index in [2.05, 4.69) is 5.32 Å². The summed E-state index contributed by atoms with van der Waals surface area (Å²) >= 11 is 1.29. The Labute approximate surface area is 160 Å². The molecule has 0 unspecified atom stereocenters. The average Bonchev–Trinajstić information content (AvgIpc) is 3.09. The summed E-state index contributed by atoms with van der Waals surface area (Å²) < 4.78 is 39.6. The molecule has 1 aromatic carbocycles. The number of halogens is 1. The smallest absolute Gasteiger partial charge is 0.280 e. The van der Waals surface area contributed by atoms with Crippen LogP contribution in [0.4, 0.5) is 9.39 Å². The van der Waals surface area contributed by atoms with Gasteiger partial charge in [0.2, 0.25) is 10.0 Å². The van der Waals surface area contributed by atoms with Gasteiger partial charge in [-0.25, -0.2) is 12.8 Å². The molecule has 3 rings (SSSR count). The maximum Gasteiger partial charge on any atom is 0.280 e. The van der Waals surface area contributed by atoms with Crippen LogP contribution in [0.25, 0.3) is 0 Å². The average molecular weight is 409 g/mol. The van der Waals surface area contributed by atoms with E-state index in [0.717, 1.165) is 17.0 Å². The van der Waals surface area contributed by atoms with Gasteiger partial charge in [0.15, 0.2) is 6.54 Å². The number of amides is 1. The minimum atomic E-state index is -3.66. The summed E-state index contributed by atoms with van der Waals surface area (Å²) in [6, 6.07) is 8.42. The summed E-state index contributed by atoms with van der Waals surface area (Å²) in [5.74, 6) is -0.696. The Balaban J connectivity index is 1.55. The summed E-state index contributed by atoms with van der Waals surface area (Å²) in [4.78, 5) is 13.2. The van der Waals surface area contributed by atoms with Crippen molar-refractivity contribution in [2.75, 3.05) is 38.0 Å². The first kappa shape index (κ1) is 19.4. The van der Waals surface area contributed by atoms with E-state index in [9.17, 15) is 17.6 Å². The third kappa shape index (κ3) is 4.51. The van der Waals surface area contributed by atoms with Crippen LogP contribution in [0.2, 0.25) is 0 Å². The molecule has 0 bridgehead atoms. The van der Waals surface area contributed by atoms with Crippen molar-refractivity contribution in [3.63, 3.8) is 0 Å². The maximum atomic E-state index is 13.0. The number of benzene rings is 1. The quantitative estimate of drug-likeness (QED) is 0.742. The number of piperazine rings is 1. The van der Waals surface area contributed by atoms with E-state index in [1.165, 1.54) is 27.8 Å². The Bertz CT molecular complexity index is 959. The molecule has 1 aliphatic rings. The van der Waals surface area contributed by atoms with Crippen LogP contribution in [0.5, 0.6) is 0 Å². The summed E-state index contributed by atoms with van der Waals surface area (Å²) in [7, 11) is -3.66. The molecule has 2 N–H and O–H groups in total. The van der Waals surface area contributed by atoms with Gasteiger partial charge < -0.3 is 10.2 Å². The number of carbonyl (C=O) groups excluding carboxylic acids is 1. The fourth-order valence-corrected chi connectivity index (χ4v) is 5.06. The van der Waals surface area contributed by atoms with Crippen LogP contribution in [0.15, 0.2) is 40.6 Å². The first-order chi connectivity index (χ1) is 12.9. The van der Waals surface area contributed by atoms with E-state index in [1.807, 2.05) is 6.07 Å². The first-order valence-corrected chi connectivity index (χ1v) is 10.6. The van der Waals surface area contributed by atoms with Crippen molar-refractivity contribution in [1.29, 1.82) is 5.26 Å². The van der Waals surface area contributed by atoms with Gasteiger partial charge in [0.05, 0.1) is 36.6 Å². The number of anilines is 1. The van der Waals surface area contributed by atoms with Gasteiger partial charge in [-0.3, -0.25) is 4.79 Å². The lowest BCUT2D eigenvalue weighted by Gasteiger charge is -2.31. The van der Waals surface area contributed by atoms with Crippen LogP contribution in [-0.4, -0.2) is 51.4 Å². The molecule has 0 aliphatic carbocycles. The highest BCUT2D eigenvalue weighted by molar-refractivity contribution is 7.89. The molecule has 7 nitrogen and oxygen atoms in total. The number of nitriles is 1. The molecular weight excluding hydrogens is 391 g/mol. The van der Waals surface area contributed by atoms with E-state index in [-0.39, 0.29) is 30.4 Å². The molecule has 0 spiro atoms. The number of thiophene rings is 1. The van der Waals surface area contributed by atoms with Crippen LogP contribution in [0.1, 0.15) is 5.56 Å². The number of hydrogen-bond donors (Lipinski definition) is 2. The number of nitrogens with one attached hydrogen (secondary N) is 2. The first-order valence-electron chi connectivity index (χ1n) is 8.27. The van der Waals surface area contributed by atoms with Gasteiger partial charge in [0.25, 0.3) is 5.91 Å². The van der Waals surface area contributed by atoms with Crippen LogP contribution in [-0.2, 0) is 14.8 Å². The largest absolute Gasteiger partial charge is 0.325 e. The van der Waals surface area contributed by atoms with Crippen LogP contribution >= 0.6 is 11.3 Å². The number of sulfonamides is 1. The van der Waals surface area contributed by atoms with Gasteiger partial charge in [0, 0.05) is 0 Å². The number of hydrogen-bond acceptors (Lipinski definition) is 5. The fourth-order valence-electron chi connectivity index (χ4n) is 2.87. The highest BCUT2D eigenvalue weighted by Gasteiger charge is 2.31. The van der Waals surface area contributed by atoms with Crippen LogP contribution < -0.4 is 10.2 Å². The molecule has 2 heterocycles. The molecule has 1 amide bonds. The monoisotopic (exact) mass is 409 g/mol. The molecule has 0 saturated carbocycles. The SMILES string of the molecule is N#Cc1ccsc1NC(=O)C[NH+]1CCN(S(=O)(=O)c2ccc(F)cc2)CC1. The van der Waals surface area contributed by atoms with Gasteiger partial charge in [-0.15, -0.1) is 11.3 Å². The lowest BCUT2D eigenvalue weighted by Crippen LogP contribution is -3.15. The summed E-state index contributed by atoms with van der Waals surface area (Å²) in [6.45, 7) is 1.75. The van der Waals surface area contributed by atoms with Crippen LogP contribution in [0, 0.1) is 17.1 Å². The highest BCUT2D eigenvalue weighted by atomic mass is 32.2. The predicted molar refractivity (Wildman–Crippen MR) is 98.4 cm³/mol. The Morgan fingerprint density at radius 3 is 2.56 bits per heavy atom. The zero-order chi connectivity index (χ0) is 19.4. The Kier molecular flexibility index (Phi) is 5.86. The topological polar surface area (TPSA) is 94.7 Å². The molecule has 1 fully saturated rings. The third-order valence-electron chi connectivity index (χ3n) is 4.33. The number of quaternary nitrogens is 1. The number of carbonyl (C=O) groups is 1. The van der Waals surface area contributed by atoms with Gasteiger partial charge in [-0.2, -0.15) is 9.57 Å². The summed E-state index contributed by atoms with van der Waals surface area (Å²) in [6.07, 6.45) is 0. The second-order valence-electron chi connectivity index (χ2n) is 6.11. The summed E-state index contributed by atoms with van der Waals surface area (Å²) in [5, 5.41) is 14.0. The summed E-state index contributed by atoms with van der Waals surface area (Å²) in [5.41, 5.74) is 0.429. The second kappa shape index (κ2) is 8.14. The molecule has 0 radical (unpaired) electrons.